The number of aryl methyl sites for hydroxylation is 1. The molecule has 3 aromatic rings. The van der Waals surface area contributed by atoms with Crippen molar-refractivity contribution < 1.29 is 9.63 Å². The van der Waals surface area contributed by atoms with E-state index in [9.17, 15) is 5.11 Å². The van der Waals surface area contributed by atoms with Crippen LogP contribution in [0.1, 0.15) is 16.5 Å². The summed E-state index contributed by atoms with van der Waals surface area (Å²) in [7, 11) is 0. The lowest BCUT2D eigenvalue weighted by molar-refractivity contribution is 0.423. The molecular formula is C13H11N3O2S. The van der Waals surface area contributed by atoms with Gasteiger partial charge in [-0.1, -0.05) is 5.16 Å². The lowest BCUT2D eigenvalue weighted by atomic mass is 10.2. The van der Waals surface area contributed by atoms with Gasteiger partial charge < -0.3 is 9.63 Å². The van der Waals surface area contributed by atoms with E-state index in [2.05, 4.69) is 15.1 Å². The first-order chi connectivity index (χ1) is 9.20. The predicted octanol–water partition coefficient (Wildman–Crippen LogP) is 2.80. The van der Waals surface area contributed by atoms with Crippen molar-refractivity contribution >= 4 is 11.3 Å². The fourth-order valence-electron chi connectivity index (χ4n) is 1.70. The molecule has 0 atom stereocenters. The fraction of sp³-hybridized carbons (Fsp3) is 0.154. The second-order valence-corrected chi connectivity index (χ2v) is 5.16. The largest absolute Gasteiger partial charge is 0.508 e. The standard InChI is InChI=1S/C13H11N3O2S/c1-8-14-10(7-19-8)6-12-15-13(18-16-12)9-2-4-11(17)5-3-9/h2-5,7,17H,6H2,1H3. The first kappa shape index (κ1) is 11.9. The number of thiazole rings is 1. The molecular weight excluding hydrogens is 262 g/mol. The van der Waals surface area contributed by atoms with E-state index in [4.69, 9.17) is 4.52 Å². The van der Waals surface area contributed by atoms with Gasteiger partial charge in [-0.05, 0) is 31.2 Å². The van der Waals surface area contributed by atoms with Gasteiger partial charge in [-0.15, -0.1) is 11.3 Å². The lowest BCUT2D eigenvalue weighted by Crippen LogP contribution is -1.91. The van der Waals surface area contributed by atoms with E-state index in [1.807, 2.05) is 12.3 Å². The Morgan fingerprint density at radius 1 is 1.21 bits per heavy atom. The highest BCUT2D eigenvalue weighted by Gasteiger charge is 2.10. The van der Waals surface area contributed by atoms with Crippen LogP contribution < -0.4 is 0 Å². The molecule has 0 saturated heterocycles. The van der Waals surface area contributed by atoms with Crippen molar-refractivity contribution in [2.45, 2.75) is 13.3 Å². The molecule has 19 heavy (non-hydrogen) atoms. The summed E-state index contributed by atoms with van der Waals surface area (Å²) in [5.41, 5.74) is 1.73. The molecule has 0 aliphatic carbocycles. The summed E-state index contributed by atoms with van der Waals surface area (Å²) >= 11 is 1.60. The Hall–Kier alpha value is -2.21. The van der Waals surface area contributed by atoms with Crippen LogP contribution in [0.25, 0.3) is 11.5 Å². The van der Waals surface area contributed by atoms with Gasteiger partial charge in [-0.3, -0.25) is 0 Å². The summed E-state index contributed by atoms with van der Waals surface area (Å²) in [6.07, 6.45) is 0.561. The van der Waals surface area contributed by atoms with E-state index in [0.717, 1.165) is 16.3 Å². The van der Waals surface area contributed by atoms with E-state index >= 15 is 0 Å². The van der Waals surface area contributed by atoms with Crippen molar-refractivity contribution in [3.63, 3.8) is 0 Å². The van der Waals surface area contributed by atoms with E-state index in [0.29, 0.717) is 18.1 Å². The molecule has 5 nitrogen and oxygen atoms in total. The van der Waals surface area contributed by atoms with Gasteiger partial charge in [0.25, 0.3) is 5.89 Å². The van der Waals surface area contributed by atoms with Crippen LogP contribution in [0.4, 0.5) is 0 Å². The average Bonchev–Trinajstić information content (AvgIpc) is 3.00. The van der Waals surface area contributed by atoms with Gasteiger partial charge in [0.2, 0.25) is 0 Å². The molecule has 6 heteroatoms. The molecule has 1 N–H and O–H groups in total. The molecule has 3 rings (SSSR count). The minimum absolute atomic E-state index is 0.210. The third kappa shape index (κ3) is 2.63. The third-order valence-corrected chi connectivity index (χ3v) is 3.41. The topological polar surface area (TPSA) is 72.0 Å². The summed E-state index contributed by atoms with van der Waals surface area (Å²) in [6.45, 7) is 1.96. The van der Waals surface area contributed by atoms with Crippen molar-refractivity contribution in [2.75, 3.05) is 0 Å². The highest BCUT2D eigenvalue weighted by atomic mass is 32.1. The number of aromatic nitrogens is 3. The minimum Gasteiger partial charge on any atom is -0.508 e. The molecule has 0 saturated carbocycles. The highest BCUT2D eigenvalue weighted by molar-refractivity contribution is 7.09. The SMILES string of the molecule is Cc1nc(Cc2noc(-c3ccc(O)cc3)n2)cs1. The molecule has 0 spiro atoms. The van der Waals surface area contributed by atoms with Crippen molar-refractivity contribution in [1.82, 2.24) is 15.1 Å². The molecule has 2 heterocycles. The van der Waals surface area contributed by atoms with Gasteiger partial charge in [0, 0.05) is 10.9 Å². The van der Waals surface area contributed by atoms with Crippen LogP contribution in [0.5, 0.6) is 5.75 Å². The molecule has 2 aromatic heterocycles. The van der Waals surface area contributed by atoms with E-state index < -0.39 is 0 Å². The molecule has 0 aliphatic heterocycles. The number of phenols is 1. The zero-order valence-electron chi connectivity index (χ0n) is 10.2. The normalized spacial score (nSPS) is 10.8. The second-order valence-electron chi connectivity index (χ2n) is 4.10. The molecule has 96 valence electrons. The van der Waals surface area contributed by atoms with Crippen LogP contribution >= 0.6 is 11.3 Å². The summed E-state index contributed by atoms with van der Waals surface area (Å²) in [4.78, 5) is 8.68. The molecule has 0 unspecified atom stereocenters. The zero-order valence-corrected chi connectivity index (χ0v) is 11.0. The van der Waals surface area contributed by atoms with Gasteiger partial charge in [0.1, 0.15) is 5.75 Å². The lowest BCUT2D eigenvalue weighted by Gasteiger charge is -1.93. The highest BCUT2D eigenvalue weighted by Crippen LogP contribution is 2.20. The van der Waals surface area contributed by atoms with Gasteiger partial charge >= 0.3 is 0 Å². The third-order valence-electron chi connectivity index (χ3n) is 2.59. The van der Waals surface area contributed by atoms with Gasteiger partial charge in [-0.2, -0.15) is 4.98 Å². The number of benzene rings is 1. The summed E-state index contributed by atoms with van der Waals surface area (Å²) < 4.78 is 5.20. The summed E-state index contributed by atoms with van der Waals surface area (Å²) in [5, 5.41) is 16.2. The van der Waals surface area contributed by atoms with Gasteiger partial charge in [0.15, 0.2) is 5.82 Å². The maximum absolute atomic E-state index is 9.23. The van der Waals surface area contributed by atoms with E-state index in [1.54, 1.807) is 35.6 Å². The first-order valence-corrected chi connectivity index (χ1v) is 6.61. The zero-order chi connectivity index (χ0) is 13.2. The van der Waals surface area contributed by atoms with E-state index in [1.165, 1.54) is 0 Å². The summed E-state index contributed by atoms with van der Waals surface area (Å²) in [6, 6.07) is 6.64. The number of aromatic hydroxyl groups is 1. The number of phenolic OH excluding ortho intramolecular Hbond substituents is 1. The van der Waals surface area contributed by atoms with E-state index in [-0.39, 0.29) is 5.75 Å². The van der Waals surface area contributed by atoms with Crippen LogP contribution in [0.2, 0.25) is 0 Å². The average molecular weight is 273 g/mol. The number of hydrogen-bond acceptors (Lipinski definition) is 6. The van der Waals surface area contributed by atoms with Crippen molar-refractivity contribution in [1.29, 1.82) is 0 Å². The second kappa shape index (κ2) is 4.81. The van der Waals surface area contributed by atoms with Crippen LogP contribution in [-0.4, -0.2) is 20.2 Å². The first-order valence-electron chi connectivity index (χ1n) is 5.74. The van der Waals surface area contributed by atoms with Crippen LogP contribution in [0.15, 0.2) is 34.2 Å². The molecule has 0 fully saturated rings. The Labute approximate surface area is 113 Å². The number of nitrogens with zero attached hydrogens (tertiary/aromatic N) is 3. The number of rotatable bonds is 3. The maximum atomic E-state index is 9.23. The number of hydrogen-bond donors (Lipinski definition) is 1. The van der Waals surface area contributed by atoms with Crippen molar-refractivity contribution in [2.24, 2.45) is 0 Å². The van der Waals surface area contributed by atoms with Crippen molar-refractivity contribution in [3.8, 4) is 17.2 Å². The Morgan fingerprint density at radius 3 is 2.68 bits per heavy atom. The van der Waals surface area contributed by atoms with Crippen LogP contribution in [0, 0.1) is 6.92 Å². The molecule has 1 aromatic carbocycles. The molecule has 0 aliphatic rings. The van der Waals surface area contributed by atoms with Crippen molar-refractivity contribution in [3.05, 3.63) is 46.2 Å². The van der Waals surface area contributed by atoms with Crippen LogP contribution in [-0.2, 0) is 6.42 Å². The Kier molecular flexibility index (Phi) is 3.00. The quantitative estimate of drug-likeness (QED) is 0.794. The Bertz CT molecular complexity index is 688. The summed E-state index contributed by atoms with van der Waals surface area (Å²) in [5.74, 6) is 1.26. The smallest absolute Gasteiger partial charge is 0.257 e. The monoisotopic (exact) mass is 273 g/mol. The van der Waals surface area contributed by atoms with Crippen LogP contribution in [0.3, 0.4) is 0 Å². The Balaban J connectivity index is 1.81. The van der Waals surface area contributed by atoms with Gasteiger partial charge in [0.05, 0.1) is 17.1 Å². The fourth-order valence-corrected chi connectivity index (χ4v) is 2.31. The predicted molar refractivity (Wildman–Crippen MR) is 71.1 cm³/mol. The Morgan fingerprint density at radius 2 is 2.00 bits per heavy atom. The molecule has 0 amide bonds. The molecule has 0 radical (unpaired) electrons. The van der Waals surface area contributed by atoms with Gasteiger partial charge in [-0.25, -0.2) is 4.98 Å². The maximum Gasteiger partial charge on any atom is 0.257 e. The molecule has 0 bridgehead atoms. The minimum atomic E-state index is 0.210.